The van der Waals surface area contributed by atoms with E-state index in [1.165, 1.54) is 21.6 Å². The second-order valence-electron chi connectivity index (χ2n) is 13.1. The summed E-state index contributed by atoms with van der Waals surface area (Å²) in [4.78, 5) is 116. The van der Waals surface area contributed by atoms with Gasteiger partial charge >= 0.3 is 11.9 Å². The lowest BCUT2D eigenvalue weighted by Gasteiger charge is -2.08. The van der Waals surface area contributed by atoms with E-state index in [1.807, 2.05) is 0 Å². The fraction of sp³-hybridized carbons (Fsp3) is 0.222. The summed E-state index contributed by atoms with van der Waals surface area (Å²) in [5.74, 6) is -2.93. The molecule has 0 unspecified atom stereocenters. The average Bonchev–Trinajstić information content (AvgIpc) is 3.68. The summed E-state index contributed by atoms with van der Waals surface area (Å²) in [6.45, 7) is -0.189. The zero-order chi connectivity index (χ0) is 45.2. The number of unbranched alkanes of at least 4 members (excludes halogenated alkanes) is 2. The predicted molar refractivity (Wildman–Crippen MR) is 214 cm³/mol. The molecule has 4 aromatic carbocycles. The molecule has 0 bridgehead atoms. The number of hydrogen-bond acceptors (Lipinski definition) is 20. The Morgan fingerprint density at radius 2 is 0.742 bits per heavy atom. The summed E-state index contributed by atoms with van der Waals surface area (Å²) in [7, 11) is 2.99. The van der Waals surface area contributed by atoms with Crippen LogP contribution in [0.5, 0.6) is 0 Å². The fourth-order valence-electron chi connectivity index (χ4n) is 6.69. The zero-order valence-electron chi connectivity index (χ0n) is 31.1. The highest BCUT2D eigenvalue weighted by Crippen LogP contribution is 2.48. The first kappa shape index (κ1) is 43.8. The molecule has 62 heavy (non-hydrogen) atoms. The number of rotatable bonds is 19. The molecule has 0 spiro atoms. The van der Waals surface area contributed by atoms with Gasteiger partial charge in [0.05, 0.1) is 66.0 Å². The van der Waals surface area contributed by atoms with Crippen LogP contribution in [0.4, 0.5) is 34.1 Å². The summed E-state index contributed by atoms with van der Waals surface area (Å²) in [6.07, 6.45) is 1.92. The summed E-state index contributed by atoms with van der Waals surface area (Å²) >= 11 is 0. The van der Waals surface area contributed by atoms with Crippen molar-refractivity contribution in [3.63, 3.8) is 0 Å². The van der Waals surface area contributed by atoms with Crippen LogP contribution in [-0.4, -0.2) is 77.8 Å². The molecule has 0 saturated heterocycles. The fourth-order valence-corrected chi connectivity index (χ4v) is 8.99. The highest BCUT2D eigenvalue weighted by molar-refractivity contribution is 8.76. The molecular formula is C36H24N6O18S2. The minimum absolute atomic E-state index is 0.0944. The van der Waals surface area contributed by atoms with Crippen molar-refractivity contribution >= 4 is 79.2 Å². The Balaban J connectivity index is 0.955. The minimum Gasteiger partial charge on any atom is -0.462 e. The number of esters is 2. The van der Waals surface area contributed by atoms with Gasteiger partial charge in [-0.15, -0.1) is 0 Å². The molecule has 6 rings (SSSR count). The Hall–Kier alpha value is -7.74. The first-order valence-corrected chi connectivity index (χ1v) is 20.2. The Morgan fingerprint density at radius 3 is 1.05 bits per heavy atom. The average molecular weight is 893 g/mol. The van der Waals surface area contributed by atoms with Gasteiger partial charge in [-0.2, -0.15) is 0 Å². The van der Waals surface area contributed by atoms with Crippen LogP contribution in [0.25, 0.3) is 22.3 Å². The van der Waals surface area contributed by atoms with Crippen LogP contribution in [0.1, 0.15) is 78.2 Å². The molecule has 0 radical (unpaired) electrons. The third-order valence-corrected chi connectivity index (χ3v) is 12.0. The lowest BCUT2D eigenvalue weighted by atomic mass is 10.0. The van der Waals surface area contributed by atoms with E-state index in [4.69, 9.17) is 9.47 Å². The first-order valence-electron chi connectivity index (χ1n) is 17.7. The Morgan fingerprint density at radius 1 is 0.435 bits per heavy atom. The number of benzene rings is 4. The maximum atomic E-state index is 13.1. The van der Waals surface area contributed by atoms with Crippen molar-refractivity contribution in [2.24, 2.45) is 0 Å². The number of ketones is 2. The van der Waals surface area contributed by atoms with Gasteiger partial charge in [0.25, 0.3) is 34.1 Å². The minimum atomic E-state index is -1.09. The number of ether oxygens (including phenoxy) is 2. The van der Waals surface area contributed by atoms with Crippen LogP contribution in [0.15, 0.2) is 48.5 Å². The van der Waals surface area contributed by atoms with E-state index in [0.717, 1.165) is 36.4 Å². The number of hydrogen-bond donors (Lipinski definition) is 0. The van der Waals surface area contributed by atoms with Gasteiger partial charge in [-0.1, -0.05) is 21.6 Å². The first-order chi connectivity index (χ1) is 29.4. The second-order valence-corrected chi connectivity index (χ2v) is 15.8. The third kappa shape index (κ3) is 8.48. The van der Waals surface area contributed by atoms with Crippen LogP contribution in [-0.2, 0) is 9.47 Å². The van der Waals surface area contributed by atoms with Gasteiger partial charge < -0.3 is 9.47 Å². The third-order valence-electron chi connectivity index (χ3n) is 9.40. The molecule has 0 heterocycles. The molecule has 26 heteroatoms. The van der Waals surface area contributed by atoms with Gasteiger partial charge in [-0.3, -0.25) is 70.3 Å². The van der Waals surface area contributed by atoms with Gasteiger partial charge in [0.2, 0.25) is 11.6 Å². The van der Waals surface area contributed by atoms with Crippen LogP contribution in [0.2, 0.25) is 0 Å². The Labute approximate surface area is 351 Å². The van der Waals surface area contributed by atoms with E-state index in [-0.39, 0.29) is 46.6 Å². The van der Waals surface area contributed by atoms with Gasteiger partial charge in [-0.25, -0.2) is 9.59 Å². The largest absolute Gasteiger partial charge is 0.462 e. The second kappa shape index (κ2) is 17.9. The molecule has 318 valence electrons. The van der Waals surface area contributed by atoms with Gasteiger partial charge in [0.15, 0.2) is 0 Å². The molecule has 0 amide bonds. The zero-order valence-corrected chi connectivity index (χ0v) is 32.8. The monoisotopic (exact) mass is 892 g/mol. The smallest absolute Gasteiger partial charge is 0.338 e. The lowest BCUT2D eigenvalue weighted by Crippen LogP contribution is -2.09. The molecule has 0 aliphatic heterocycles. The van der Waals surface area contributed by atoms with Crippen LogP contribution >= 0.6 is 21.6 Å². The molecule has 0 atom stereocenters. The van der Waals surface area contributed by atoms with Crippen molar-refractivity contribution in [1.82, 2.24) is 0 Å². The lowest BCUT2D eigenvalue weighted by molar-refractivity contribution is -0.394. The van der Waals surface area contributed by atoms with Crippen LogP contribution < -0.4 is 0 Å². The van der Waals surface area contributed by atoms with Gasteiger partial charge in [-0.05, 0) is 37.8 Å². The summed E-state index contributed by atoms with van der Waals surface area (Å²) < 4.78 is 10.5. The van der Waals surface area contributed by atoms with Gasteiger partial charge in [0.1, 0.15) is 22.3 Å². The van der Waals surface area contributed by atoms with Crippen molar-refractivity contribution < 1.29 is 58.2 Å². The van der Waals surface area contributed by atoms with E-state index in [0.29, 0.717) is 49.3 Å². The molecule has 24 nitrogen and oxygen atoms in total. The molecule has 2 aliphatic rings. The number of nitrogens with zero attached hydrogens (tertiary/aromatic N) is 6. The molecule has 0 aromatic heterocycles. The number of carbonyl (C=O) groups excluding carboxylic acids is 4. The van der Waals surface area contributed by atoms with E-state index in [9.17, 15) is 79.9 Å². The maximum Gasteiger partial charge on any atom is 0.338 e. The summed E-state index contributed by atoms with van der Waals surface area (Å²) in [5.41, 5.74) is -9.02. The van der Waals surface area contributed by atoms with Gasteiger partial charge in [0, 0.05) is 58.0 Å². The van der Waals surface area contributed by atoms with E-state index in [1.54, 1.807) is 0 Å². The molecule has 0 N–H and O–H groups in total. The molecular weight excluding hydrogens is 869 g/mol. The maximum absolute atomic E-state index is 13.1. The quantitative estimate of drug-likeness (QED) is 0.0249. The molecule has 0 fully saturated rings. The van der Waals surface area contributed by atoms with E-state index >= 15 is 0 Å². The van der Waals surface area contributed by atoms with Crippen molar-refractivity contribution in [2.45, 2.75) is 25.7 Å². The topological polar surface area (TPSA) is 346 Å². The molecule has 2 aliphatic carbocycles. The predicted octanol–water partition coefficient (Wildman–Crippen LogP) is 7.51. The van der Waals surface area contributed by atoms with Crippen molar-refractivity contribution in [3.05, 3.63) is 143 Å². The number of fused-ring (bicyclic) bond motifs is 6. The van der Waals surface area contributed by atoms with E-state index in [2.05, 4.69) is 0 Å². The molecule has 0 saturated carbocycles. The van der Waals surface area contributed by atoms with Crippen molar-refractivity contribution in [3.8, 4) is 22.3 Å². The SMILES string of the molecule is O=C(OCCCCSSCCCCOC(=O)c1cc2c(c([N+](=O)[O-])c1)C(=O)c1c-2cc([N+](=O)[O-])cc1[N+](=O)[O-])c1cc2c(c([N+](=O)[O-])c1)C(=O)c1c-2cc([N+](=O)[O-])cc1[N+](=O)[O-]. The Kier molecular flexibility index (Phi) is 12.6. The van der Waals surface area contributed by atoms with Crippen molar-refractivity contribution in [1.29, 1.82) is 0 Å². The number of nitro benzene ring substituents is 6. The summed E-state index contributed by atoms with van der Waals surface area (Å²) in [5, 5.41) is 69.9. The molecule has 4 aromatic rings. The van der Waals surface area contributed by atoms with Crippen LogP contribution in [0, 0.1) is 60.7 Å². The number of non-ortho nitro benzene ring substituents is 2. The normalized spacial score (nSPS) is 11.9. The highest BCUT2D eigenvalue weighted by atomic mass is 33.1. The van der Waals surface area contributed by atoms with Crippen molar-refractivity contribution in [2.75, 3.05) is 24.7 Å². The van der Waals surface area contributed by atoms with E-state index < -0.39 is 109 Å². The Bertz CT molecular complexity index is 2540. The highest BCUT2D eigenvalue weighted by Gasteiger charge is 2.43. The van der Waals surface area contributed by atoms with Crippen LogP contribution in [0.3, 0.4) is 0 Å². The number of carbonyl (C=O) groups is 4. The standard InChI is InChI=1S/C36H24N6O18S2/c43-33-29-21(23-13-19(37(47)48)15-27(31(23)33)41(55)56)9-17(11-25(29)39(51)52)35(45)59-5-1-3-7-61-62-8-4-2-6-60-36(46)18-10-22-24-14-20(38(49)50)16-28(42(57)58)32(24)34(44)30(22)26(12-18)40(53)54/h9-16H,1-8H2. The summed E-state index contributed by atoms with van der Waals surface area (Å²) in [6, 6.07) is 6.61. The number of nitro groups is 6.